The van der Waals surface area contributed by atoms with Crippen LogP contribution in [-0.2, 0) is 4.79 Å². The number of hydrogen-bond donors (Lipinski definition) is 3. The fourth-order valence-electron chi connectivity index (χ4n) is 3.95. The van der Waals surface area contributed by atoms with E-state index in [2.05, 4.69) is 20.5 Å². The van der Waals surface area contributed by atoms with Crippen LogP contribution >= 0.6 is 22.9 Å². The molecule has 9 nitrogen and oxygen atoms in total. The number of nitrogens with one attached hydrogen (secondary N) is 2. The Balaban J connectivity index is 1.47. The lowest BCUT2D eigenvalue weighted by atomic mass is 10.2. The molecule has 1 saturated heterocycles. The van der Waals surface area contributed by atoms with Gasteiger partial charge in [-0.05, 0) is 55.3 Å². The molecule has 1 aromatic carbocycles. The van der Waals surface area contributed by atoms with Crippen molar-refractivity contribution in [2.45, 2.75) is 18.9 Å². The number of hydrogen-bond acceptors (Lipinski definition) is 7. The zero-order chi connectivity index (χ0) is 25.5. The third kappa shape index (κ3) is 6.39. The largest absolute Gasteiger partial charge is 0.389 e. The summed E-state index contributed by atoms with van der Waals surface area (Å²) < 4.78 is 0.496. The number of amides is 3. The maximum absolute atomic E-state index is 12.8. The molecule has 0 bridgehead atoms. The summed E-state index contributed by atoms with van der Waals surface area (Å²) >= 11 is 7.01. The van der Waals surface area contributed by atoms with Crippen molar-refractivity contribution in [3.63, 3.8) is 0 Å². The van der Waals surface area contributed by atoms with Gasteiger partial charge in [-0.2, -0.15) is 0 Å². The third-order valence-electron chi connectivity index (χ3n) is 5.73. The number of carbonyl (C=O) groups excluding carboxylic acids is 3. The van der Waals surface area contributed by atoms with Crippen LogP contribution in [0.4, 0.5) is 17.1 Å². The van der Waals surface area contributed by atoms with E-state index in [1.165, 1.54) is 4.90 Å². The Morgan fingerprint density at radius 1 is 1.17 bits per heavy atom. The molecule has 1 aliphatic heterocycles. The minimum Gasteiger partial charge on any atom is -0.389 e. The summed E-state index contributed by atoms with van der Waals surface area (Å²) in [5, 5.41) is 16.0. The van der Waals surface area contributed by atoms with Crippen molar-refractivity contribution < 1.29 is 19.5 Å². The van der Waals surface area contributed by atoms with Crippen molar-refractivity contribution in [2.24, 2.45) is 0 Å². The Labute approximate surface area is 217 Å². The van der Waals surface area contributed by atoms with Gasteiger partial charge in [0.15, 0.2) is 0 Å². The topological polar surface area (TPSA) is 115 Å². The van der Waals surface area contributed by atoms with Crippen LogP contribution in [0.3, 0.4) is 0 Å². The molecule has 3 amide bonds. The second-order valence-corrected chi connectivity index (χ2v) is 10.0. The molecule has 2 aromatic heterocycles. The SMILES string of the molecule is O=CN(CC(O)CNC(=O)c1ccc(Cl)s1)c1ccc(N2CCCC2)c(NC(=O)c2ccccn2)c1. The van der Waals surface area contributed by atoms with Gasteiger partial charge in [-0.3, -0.25) is 19.4 Å². The first-order valence-corrected chi connectivity index (χ1v) is 12.7. The molecule has 1 aliphatic rings. The summed E-state index contributed by atoms with van der Waals surface area (Å²) in [5.74, 6) is -0.708. The van der Waals surface area contributed by atoms with E-state index in [0.29, 0.717) is 27.0 Å². The van der Waals surface area contributed by atoms with Crippen molar-refractivity contribution in [1.82, 2.24) is 10.3 Å². The van der Waals surface area contributed by atoms with Crippen molar-refractivity contribution in [1.29, 1.82) is 0 Å². The minimum atomic E-state index is -1.01. The van der Waals surface area contributed by atoms with Crippen LogP contribution in [-0.4, -0.2) is 60.6 Å². The van der Waals surface area contributed by atoms with Crippen molar-refractivity contribution in [2.75, 3.05) is 41.3 Å². The van der Waals surface area contributed by atoms with Crippen LogP contribution in [0, 0.1) is 0 Å². The van der Waals surface area contributed by atoms with E-state index in [-0.39, 0.29) is 30.6 Å². The smallest absolute Gasteiger partial charge is 0.274 e. The van der Waals surface area contributed by atoms with Gasteiger partial charge < -0.3 is 25.5 Å². The Bertz CT molecular complexity index is 1220. The highest BCUT2D eigenvalue weighted by atomic mass is 35.5. The average Bonchev–Trinajstić information content (AvgIpc) is 3.58. The highest BCUT2D eigenvalue weighted by Gasteiger charge is 2.21. The van der Waals surface area contributed by atoms with Crippen molar-refractivity contribution in [3.8, 4) is 0 Å². The van der Waals surface area contributed by atoms with E-state index in [4.69, 9.17) is 11.6 Å². The number of aliphatic hydroxyl groups is 1. The maximum atomic E-state index is 12.8. The normalized spacial score (nSPS) is 13.8. The fraction of sp³-hybridized carbons (Fsp3) is 0.280. The predicted molar refractivity (Wildman–Crippen MR) is 141 cm³/mol. The molecule has 1 fully saturated rings. The van der Waals surface area contributed by atoms with Crippen LogP contribution < -0.4 is 20.4 Å². The number of aliphatic hydroxyl groups excluding tert-OH is 1. The molecule has 11 heteroatoms. The molecule has 1 atom stereocenters. The third-order valence-corrected chi connectivity index (χ3v) is 6.96. The van der Waals surface area contributed by atoms with Gasteiger partial charge >= 0.3 is 0 Å². The molecule has 0 saturated carbocycles. The van der Waals surface area contributed by atoms with Crippen molar-refractivity contribution in [3.05, 3.63) is 69.6 Å². The zero-order valence-electron chi connectivity index (χ0n) is 19.4. The van der Waals surface area contributed by atoms with E-state index in [1.54, 1.807) is 48.7 Å². The number of halogens is 1. The summed E-state index contributed by atoms with van der Waals surface area (Å²) in [6, 6.07) is 13.7. The van der Waals surface area contributed by atoms with Gasteiger partial charge in [-0.15, -0.1) is 11.3 Å². The molecule has 3 heterocycles. The molecule has 3 aromatic rings. The Morgan fingerprint density at radius 2 is 1.97 bits per heavy atom. The van der Waals surface area contributed by atoms with Crippen LogP contribution in [0.1, 0.15) is 33.0 Å². The Morgan fingerprint density at radius 3 is 2.64 bits per heavy atom. The first-order chi connectivity index (χ1) is 17.4. The number of thiophene rings is 1. The second-order valence-electron chi connectivity index (χ2n) is 8.29. The molecule has 1 unspecified atom stereocenters. The van der Waals surface area contributed by atoms with E-state index in [9.17, 15) is 19.5 Å². The summed E-state index contributed by atoms with van der Waals surface area (Å²) in [6.45, 7) is 1.65. The lowest BCUT2D eigenvalue weighted by molar-refractivity contribution is -0.107. The first kappa shape index (κ1) is 25.6. The first-order valence-electron chi connectivity index (χ1n) is 11.5. The summed E-state index contributed by atoms with van der Waals surface area (Å²) in [4.78, 5) is 45.0. The summed E-state index contributed by atoms with van der Waals surface area (Å²) in [5.41, 5.74) is 2.18. The predicted octanol–water partition coefficient (Wildman–Crippen LogP) is 3.40. The van der Waals surface area contributed by atoms with Crippen LogP contribution in [0.25, 0.3) is 0 Å². The van der Waals surface area contributed by atoms with Gasteiger partial charge in [-0.1, -0.05) is 17.7 Å². The van der Waals surface area contributed by atoms with Gasteiger partial charge in [0.05, 0.1) is 33.2 Å². The van der Waals surface area contributed by atoms with Crippen molar-refractivity contribution >= 4 is 58.2 Å². The molecule has 188 valence electrons. The average molecular weight is 528 g/mol. The van der Waals surface area contributed by atoms with E-state index in [0.717, 1.165) is 43.0 Å². The lowest BCUT2D eigenvalue weighted by Crippen LogP contribution is -2.39. The fourth-order valence-corrected chi connectivity index (χ4v) is 4.91. The zero-order valence-corrected chi connectivity index (χ0v) is 21.0. The van der Waals surface area contributed by atoms with Gasteiger partial charge in [-0.25, -0.2) is 0 Å². The summed E-state index contributed by atoms with van der Waals surface area (Å²) in [6.07, 6.45) is 3.27. The van der Waals surface area contributed by atoms with E-state index >= 15 is 0 Å². The highest BCUT2D eigenvalue weighted by Crippen LogP contribution is 2.33. The number of anilines is 3. The van der Waals surface area contributed by atoms with Gasteiger partial charge in [0, 0.05) is 31.5 Å². The molecule has 0 spiro atoms. The van der Waals surface area contributed by atoms with Crippen LogP contribution in [0.15, 0.2) is 54.7 Å². The monoisotopic (exact) mass is 527 g/mol. The Hall–Kier alpha value is -3.47. The number of aromatic nitrogens is 1. The molecular formula is C25H26ClN5O4S. The Kier molecular flexibility index (Phi) is 8.52. The van der Waals surface area contributed by atoms with E-state index in [1.807, 2.05) is 6.07 Å². The minimum absolute atomic E-state index is 0.0478. The van der Waals surface area contributed by atoms with Crippen LogP contribution in [0.2, 0.25) is 4.34 Å². The van der Waals surface area contributed by atoms with Gasteiger partial charge in [0.2, 0.25) is 6.41 Å². The standard InChI is InChI=1S/C25H26ClN5O4S/c26-23-9-8-22(36-23)25(35)28-14-18(33)15-31(16-32)17-6-7-21(30-11-3-4-12-30)20(13-17)29-24(34)19-5-1-2-10-27-19/h1-2,5-10,13,16,18,33H,3-4,11-12,14-15H2,(H,28,35)(H,29,34). The number of nitrogens with zero attached hydrogens (tertiary/aromatic N) is 3. The summed E-state index contributed by atoms with van der Waals surface area (Å²) in [7, 11) is 0. The lowest BCUT2D eigenvalue weighted by Gasteiger charge is -2.26. The number of rotatable bonds is 10. The second kappa shape index (κ2) is 12.0. The van der Waals surface area contributed by atoms with Gasteiger partial charge in [0.1, 0.15) is 5.69 Å². The van der Waals surface area contributed by atoms with Gasteiger partial charge in [0.25, 0.3) is 11.8 Å². The molecule has 3 N–H and O–H groups in total. The highest BCUT2D eigenvalue weighted by molar-refractivity contribution is 7.18. The molecule has 36 heavy (non-hydrogen) atoms. The van der Waals surface area contributed by atoms with E-state index < -0.39 is 6.10 Å². The molecule has 4 rings (SSSR count). The maximum Gasteiger partial charge on any atom is 0.274 e. The quantitative estimate of drug-likeness (QED) is 0.348. The molecular weight excluding hydrogens is 502 g/mol. The molecule has 0 radical (unpaired) electrons. The number of pyridine rings is 1. The number of carbonyl (C=O) groups is 3. The molecule has 0 aliphatic carbocycles. The number of benzene rings is 1. The van der Waals surface area contributed by atoms with Crippen LogP contribution in [0.5, 0.6) is 0 Å².